The van der Waals surface area contributed by atoms with Crippen LogP contribution in [-0.2, 0) is 0 Å². The van der Waals surface area contributed by atoms with Gasteiger partial charge < -0.3 is 5.73 Å². The van der Waals surface area contributed by atoms with Gasteiger partial charge in [0.2, 0.25) is 0 Å². The molecular formula is C15H27N3. The Balaban J connectivity index is 2.72. The summed E-state index contributed by atoms with van der Waals surface area (Å²) in [5.74, 6) is 0. The van der Waals surface area contributed by atoms with Gasteiger partial charge in [-0.05, 0) is 38.1 Å². The van der Waals surface area contributed by atoms with Gasteiger partial charge in [-0.3, -0.25) is 9.88 Å². The van der Waals surface area contributed by atoms with Crippen molar-refractivity contribution in [3.05, 3.63) is 30.1 Å². The molecule has 0 amide bonds. The van der Waals surface area contributed by atoms with Crippen LogP contribution < -0.4 is 5.73 Å². The van der Waals surface area contributed by atoms with Crippen LogP contribution in [0.25, 0.3) is 0 Å². The number of pyridine rings is 1. The number of hydrogen-bond donors (Lipinski definition) is 1. The average Bonchev–Trinajstić information content (AvgIpc) is 2.43. The van der Waals surface area contributed by atoms with Gasteiger partial charge in [0, 0.05) is 12.7 Å². The Morgan fingerprint density at radius 1 is 1.17 bits per heavy atom. The molecule has 2 N–H and O–H groups in total. The zero-order valence-corrected chi connectivity index (χ0v) is 11.8. The van der Waals surface area contributed by atoms with Gasteiger partial charge in [0.1, 0.15) is 0 Å². The van der Waals surface area contributed by atoms with E-state index in [1.807, 2.05) is 18.3 Å². The van der Waals surface area contributed by atoms with Crippen molar-refractivity contribution in [2.75, 3.05) is 19.6 Å². The van der Waals surface area contributed by atoms with Crippen molar-refractivity contribution in [2.45, 2.75) is 45.6 Å². The summed E-state index contributed by atoms with van der Waals surface area (Å²) in [5, 5.41) is 0. The highest BCUT2D eigenvalue weighted by Gasteiger charge is 2.18. The molecule has 1 aromatic heterocycles. The molecule has 0 bridgehead atoms. The standard InChI is InChI=1S/C15H27N3/c1-3-5-11-18(12-6-4-2)15(13-16)14-9-7-8-10-17-14/h7-10,15H,3-6,11-13,16H2,1-2H3. The van der Waals surface area contributed by atoms with Crippen molar-refractivity contribution in [1.29, 1.82) is 0 Å². The number of hydrogen-bond acceptors (Lipinski definition) is 3. The van der Waals surface area contributed by atoms with E-state index in [1.165, 1.54) is 25.7 Å². The fraction of sp³-hybridized carbons (Fsp3) is 0.667. The fourth-order valence-electron chi connectivity index (χ4n) is 2.18. The first-order valence-electron chi connectivity index (χ1n) is 7.18. The lowest BCUT2D eigenvalue weighted by Crippen LogP contribution is -2.35. The molecule has 3 nitrogen and oxygen atoms in total. The van der Waals surface area contributed by atoms with E-state index < -0.39 is 0 Å². The fourth-order valence-corrected chi connectivity index (χ4v) is 2.18. The summed E-state index contributed by atoms with van der Waals surface area (Å²) in [7, 11) is 0. The second-order valence-corrected chi connectivity index (χ2v) is 4.75. The molecule has 1 atom stereocenters. The van der Waals surface area contributed by atoms with Gasteiger partial charge in [-0.25, -0.2) is 0 Å². The van der Waals surface area contributed by atoms with Crippen molar-refractivity contribution in [3.8, 4) is 0 Å². The normalized spacial score (nSPS) is 12.9. The Morgan fingerprint density at radius 3 is 2.28 bits per heavy atom. The molecule has 1 heterocycles. The van der Waals surface area contributed by atoms with Crippen LogP contribution in [0.1, 0.15) is 51.3 Å². The zero-order chi connectivity index (χ0) is 13.2. The number of rotatable bonds is 9. The van der Waals surface area contributed by atoms with Gasteiger partial charge in [0.15, 0.2) is 0 Å². The lowest BCUT2D eigenvalue weighted by molar-refractivity contribution is 0.192. The topological polar surface area (TPSA) is 42.1 Å². The van der Waals surface area contributed by atoms with Crippen LogP contribution in [0.15, 0.2) is 24.4 Å². The van der Waals surface area contributed by atoms with E-state index in [2.05, 4.69) is 29.8 Å². The molecule has 1 unspecified atom stereocenters. The third-order valence-electron chi connectivity index (χ3n) is 3.29. The van der Waals surface area contributed by atoms with Crippen molar-refractivity contribution >= 4 is 0 Å². The van der Waals surface area contributed by atoms with E-state index in [1.54, 1.807) is 0 Å². The van der Waals surface area contributed by atoms with Crippen molar-refractivity contribution in [1.82, 2.24) is 9.88 Å². The average molecular weight is 249 g/mol. The number of aromatic nitrogens is 1. The monoisotopic (exact) mass is 249 g/mol. The minimum Gasteiger partial charge on any atom is -0.329 e. The summed E-state index contributed by atoms with van der Waals surface area (Å²) in [4.78, 5) is 6.96. The maximum Gasteiger partial charge on any atom is 0.0644 e. The molecule has 0 aliphatic carbocycles. The molecule has 18 heavy (non-hydrogen) atoms. The first-order chi connectivity index (χ1) is 8.83. The Morgan fingerprint density at radius 2 is 1.83 bits per heavy atom. The van der Waals surface area contributed by atoms with Crippen LogP contribution in [0.3, 0.4) is 0 Å². The van der Waals surface area contributed by atoms with Crippen LogP contribution in [0, 0.1) is 0 Å². The molecule has 0 aliphatic rings. The molecule has 3 heteroatoms. The molecule has 0 aliphatic heterocycles. The summed E-state index contributed by atoms with van der Waals surface area (Å²) < 4.78 is 0. The first kappa shape index (κ1) is 15.1. The van der Waals surface area contributed by atoms with Crippen molar-refractivity contribution in [3.63, 3.8) is 0 Å². The molecule has 0 saturated carbocycles. The quantitative estimate of drug-likeness (QED) is 0.731. The Hall–Kier alpha value is -0.930. The summed E-state index contributed by atoms with van der Waals surface area (Å²) in [6.45, 7) is 7.35. The van der Waals surface area contributed by atoms with Gasteiger partial charge in [-0.15, -0.1) is 0 Å². The van der Waals surface area contributed by atoms with Gasteiger partial charge in [-0.2, -0.15) is 0 Å². The molecule has 1 rings (SSSR count). The van der Waals surface area contributed by atoms with Crippen LogP contribution in [0.4, 0.5) is 0 Å². The first-order valence-corrected chi connectivity index (χ1v) is 7.18. The maximum absolute atomic E-state index is 5.97. The molecule has 0 spiro atoms. The Bertz CT molecular complexity index is 292. The third kappa shape index (κ3) is 4.75. The van der Waals surface area contributed by atoms with Gasteiger partial charge in [-0.1, -0.05) is 32.8 Å². The van der Waals surface area contributed by atoms with E-state index in [0.717, 1.165) is 18.8 Å². The van der Waals surface area contributed by atoms with Crippen LogP contribution in [-0.4, -0.2) is 29.5 Å². The number of unbranched alkanes of at least 4 members (excludes halogenated alkanes) is 2. The van der Waals surface area contributed by atoms with Crippen LogP contribution in [0.5, 0.6) is 0 Å². The lowest BCUT2D eigenvalue weighted by Gasteiger charge is -2.30. The predicted octanol–water partition coefficient (Wildman–Crippen LogP) is 2.98. The smallest absolute Gasteiger partial charge is 0.0644 e. The minimum absolute atomic E-state index is 0.268. The summed E-state index contributed by atoms with van der Waals surface area (Å²) in [6, 6.07) is 6.36. The summed E-state index contributed by atoms with van der Waals surface area (Å²) >= 11 is 0. The highest BCUT2D eigenvalue weighted by Crippen LogP contribution is 2.18. The van der Waals surface area contributed by atoms with E-state index in [4.69, 9.17) is 5.73 Å². The van der Waals surface area contributed by atoms with E-state index in [9.17, 15) is 0 Å². The Labute approximate surface area is 111 Å². The van der Waals surface area contributed by atoms with Crippen molar-refractivity contribution in [2.24, 2.45) is 5.73 Å². The molecule has 1 aromatic rings. The van der Waals surface area contributed by atoms with E-state index in [0.29, 0.717) is 6.54 Å². The van der Waals surface area contributed by atoms with Crippen LogP contribution >= 0.6 is 0 Å². The Kier molecular flexibility index (Phi) is 7.62. The molecule has 102 valence electrons. The summed E-state index contributed by atoms with van der Waals surface area (Å²) in [6.07, 6.45) is 6.76. The lowest BCUT2D eigenvalue weighted by atomic mass is 10.1. The van der Waals surface area contributed by atoms with Gasteiger partial charge in [0.05, 0.1) is 11.7 Å². The predicted molar refractivity (Wildman–Crippen MR) is 77.4 cm³/mol. The van der Waals surface area contributed by atoms with Crippen LogP contribution in [0.2, 0.25) is 0 Å². The maximum atomic E-state index is 5.97. The zero-order valence-electron chi connectivity index (χ0n) is 11.8. The molecule has 0 fully saturated rings. The highest BCUT2D eigenvalue weighted by molar-refractivity contribution is 5.09. The SMILES string of the molecule is CCCCN(CCCC)C(CN)c1ccccn1. The number of nitrogens with zero attached hydrogens (tertiary/aromatic N) is 2. The highest BCUT2D eigenvalue weighted by atomic mass is 15.2. The molecule has 0 saturated heterocycles. The van der Waals surface area contributed by atoms with Crippen molar-refractivity contribution < 1.29 is 0 Å². The largest absolute Gasteiger partial charge is 0.329 e. The molecular weight excluding hydrogens is 222 g/mol. The summed E-state index contributed by atoms with van der Waals surface area (Å²) in [5.41, 5.74) is 7.07. The third-order valence-corrected chi connectivity index (χ3v) is 3.29. The van der Waals surface area contributed by atoms with E-state index >= 15 is 0 Å². The van der Waals surface area contributed by atoms with Gasteiger partial charge in [0.25, 0.3) is 0 Å². The van der Waals surface area contributed by atoms with E-state index in [-0.39, 0.29) is 6.04 Å². The number of nitrogens with two attached hydrogens (primary N) is 1. The minimum atomic E-state index is 0.268. The second-order valence-electron chi connectivity index (χ2n) is 4.75. The van der Waals surface area contributed by atoms with Gasteiger partial charge >= 0.3 is 0 Å². The second kappa shape index (κ2) is 9.06. The molecule has 0 radical (unpaired) electrons. The molecule has 0 aromatic carbocycles.